The number of aromatic nitrogens is 1. The minimum atomic E-state index is -0.277. The Morgan fingerprint density at radius 2 is 1.90 bits per heavy atom. The average molecular weight is 399 g/mol. The zero-order valence-corrected chi connectivity index (χ0v) is 17.0. The van der Waals surface area contributed by atoms with Gasteiger partial charge in [-0.25, -0.2) is 4.39 Å². The van der Waals surface area contributed by atoms with Gasteiger partial charge in [-0.05, 0) is 37.3 Å². The second kappa shape index (κ2) is 7.42. The molecule has 29 heavy (non-hydrogen) atoms. The lowest BCUT2D eigenvalue weighted by Gasteiger charge is -2.40. The van der Waals surface area contributed by atoms with Crippen molar-refractivity contribution in [2.45, 2.75) is 19.5 Å². The fraction of sp³-hybridized carbons (Fsp3) is 0.429. The quantitative estimate of drug-likeness (QED) is 0.856. The highest BCUT2D eigenvalue weighted by molar-refractivity contribution is 5.93. The van der Waals surface area contributed by atoms with Gasteiger partial charge in [-0.15, -0.1) is 0 Å². The van der Waals surface area contributed by atoms with Gasteiger partial charge in [-0.2, -0.15) is 0 Å². The zero-order valence-electron chi connectivity index (χ0n) is 17.0. The number of carbonyl (C=O) groups excluding carboxylic acids is 2. The van der Waals surface area contributed by atoms with E-state index in [0.29, 0.717) is 25.3 Å². The van der Waals surface area contributed by atoms with Gasteiger partial charge in [-0.1, -0.05) is 0 Å². The van der Waals surface area contributed by atoms with E-state index in [1.54, 1.807) is 13.1 Å². The van der Waals surface area contributed by atoms with Crippen LogP contribution in [0.5, 0.6) is 0 Å². The van der Waals surface area contributed by atoms with E-state index in [2.05, 4.69) is 5.32 Å². The number of anilines is 2. The van der Waals surface area contributed by atoms with Crippen LogP contribution in [-0.4, -0.2) is 61.6 Å². The topological polar surface area (TPSA) is 60.8 Å². The first-order valence-electron chi connectivity index (χ1n) is 9.87. The van der Waals surface area contributed by atoms with Crippen LogP contribution in [0, 0.1) is 5.82 Å². The van der Waals surface area contributed by atoms with Crippen LogP contribution < -0.4 is 15.1 Å². The molecular formula is C21H26FN5O2. The maximum atomic E-state index is 13.7. The average Bonchev–Trinajstić information content (AvgIpc) is 3.15. The van der Waals surface area contributed by atoms with Crippen molar-refractivity contribution in [3.8, 4) is 0 Å². The van der Waals surface area contributed by atoms with Crippen LogP contribution in [-0.2, 0) is 11.3 Å². The summed E-state index contributed by atoms with van der Waals surface area (Å²) in [4.78, 5) is 31.1. The van der Waals surface area contributed by atoms with Crippen LogP contribution in [0.3, 0.4) is 0 Å². The summed E-state index contributed by atoms with van der Waals surface area (Å²) >= 11 is 0. The summed E-state index contributed by atoms with van der Waals surface area (Å²) in [5.41, 5.74) is 3.27. The summed E-state index contributed by atoms with van der Waals surface area (Å²) in [7, 11) is 3.55. The lowest BCUT2D eigenvalue weighted by molar-refractivity contribution is -0.132. The summed E-state index contributed by atoms with van der Waals surface area (Å²) in [5.74, 6) is -0.364. The fourth-order valence-corrected chi connectivity index (χ4v) is 4.33. The third kappa shape index (κ3) is 3.32. The number of amides is 2. The third-order valence-corrected chi connectivity index (χ3v) is 5.98. The number of nitrogens with one attached hydrogen (secondary N) is 1. The Bertz CT molecular complexity index is 957. The molecule has 1 aromatic carbocycles. The highest BCUT2D eigenvalue weighted by Gasteiger charge is 2.32. The number of nitrogens with zero attached hydrogens (tertiary/aromatic N) is 4. The molecular weight excluding hydrogens is 373 g/mol. The molecule has 2 amide bonds. The second-order valence-corrected chi connectivity index (χ2v) is 7.61. The van der Waals surface area contributed by atoms with Crippen molar-refractivity contribution in [3.05, 3.63) is 47.5 Å². The molecule has 0 bridgehead atoms. The van der Waals surface area contributed by atoms with Gasteiger partial charge in [0.15, 0.2) is 0 Å². The molecule has 0 fully saturated rings. The number of hydrogen-bond acceptors (Lipinski definition) is 4. The van der Waals surface area contributed by atoms with Gasteiger partial charge < -0.3 is 24.6 Å². The Kier molecular flexibility index (Phi) is 4.94. The number of fused-ring (bicyclic) bond motifs is 2. The fourth-order valence-electron chi connectivity index (χ4n) is 4.33. The molecule has 0 radical (unpaired) electrons. The Morgan fingerprint density at radius 3 is 2.66 bits per heavy atom. The van der Waals surface area contributed by atoms with Crippen molar-refractivity contribution in [3.63, 3.8) is 0 Å². The van der Waals surface area contributed by atoms with E-state index in [-0.39, 0.29) is 30.2 Å². The highest BCUT2D eigenvalue weighted by Crippen LogP contribution is 2.33. The maximum absolute atomic E-state index is 13.7. The lowest BCUT2D eigenvalue weighted by atomic mass is 10.1. The molecule has 8 heteroatoms. The molecule has 4 rings (SSSR count). The van der Waals surface area contributed by atoms with Crippen LogP contribution in [0.25, 0.3) is 0 Å². The summed E-state index contributed by atoms with van der Waals surface area (Å²) in [6.45, 7) is 4.82. The molecule has 2 aliphatic rings. The van der Waals surface area contributed by atoms with Crippen molar-refractivity contribution >= 4 is 23.2 Å². The molecule has 2 aromatic rings. The number of benzene rings is 1. The molecule has 2 aliphatic heterocycles. The molecule has 0 saturated carbocycles. The van der Waals surface area contributed by atoms with Crippen molar-refractivity contribution in [1.82, 2.24) is 14.8 Å². The maximum Gasteiger partial charge on any atom is 0.267 e. The SMILES string of the molecule is CNC(=O)c1ccc2n1CCN(C(=O)CN1CCN(C)c3cc(F)ccc31)C2C. The molecule has 1 atom stereocenters. The normalized spacial score (nSPS) is 18.3. The van der Waals surface area contributed by atoms with Gasteiger partial charge in [0.05, 0.1) is 24.0 Å². The van der Waals surface area contributed by atoms with Crippen molar-refractivity contribution in [2.24, 2.45) is 0 Å². The molecule has 0 spiro atoms. The van der Waals surface area contributed by atoms with E-state index in [0.717, 1.165) is 23.6 Å². The summed E-state index contributed by atoms with van der Waals surface area (Å²) in [5, 5.41) is 2.66. The first-order chi connectivity index (χ1) is 13.9. The van der Waals surface area contributed by atoms with E-state index in [1.165, 1.54) is 12.1 Å². The summed E-state index contributed by atoms with van der Waals surface area (Å²) in [6.07, 6.45) is 0. The van der Waals surface area contributed by atoms with Gasteiger partial charge >= 0.3 is 0 Å². The van der Waals surface area contributed by atoms with Crippen molar-refractivity contribution in [2.75, 3.05) is 50.1 Å². The number of halogens is 1. The predicted molar refractivity (Wildman–Crippen MR) is 110 cm³/mol. The van der Waals surface area contributed by atoms with E-state index < -0.39 is 0 Å². The molecule has 0 aliphatic carbocycles. The van der Waals surface area contributed by atoms with Crippen LogP contribution in [0.2, 0.25) is 0 Å². The van der Waals surface area contributed by atoms with Crippen LogP contribution in [0.4, 0.5) is 15.8 Å². The van der Waals surface area contributed by atoms with Crippen molar-refractivity contribution in [1.29, 1.82) is 0 Å². The Morgan fingerprint density at radius 1 is 1.10 bits per heavy atom. The Labute approximate surface area is 169 Å². The van der Waals surface area contributed by atoms with Crippen LogP contribution >= 0.6 is 0 Å². The summed E-state index contributed by atoms with van der Waals surface area (Å²) < 4.78 is 15.7. The van der Waals surface area contributed by atoms with E-state index in [9.17, 15) is 14.0 Å². The van der Waals surface area contributed by atoms with Crippen LogP contribution in [0.15, 0.2) is 30.3 Å². The van der Waals surface area contributed by atoms with Gasteiger partial charge in [0, 0.05) is 46.0 Å². The van der Waals surface area contributed by atoms with Gasteiger partial charge in [-0.3, -0.25) is 9.59 Å². The smallest absolute Gasteiger partial charge is 0.267 e. The zero-order chi connectivity index (χ0) is 20.7. The minimum absolute atomic E-state index is 0.0336. The predicted octanol–water partition coefficient (Wildman–Crippen LogP) is 1.85. The van der Waals surface area contributed by atoms with Gasteiger partial charge in [0.2, 0.25) is 5.91 Å². The summed E-state index contributed by atoms with van der Waals surface area (Å²) in [6, 6.07) is 8.31. The van der Waals surface area contributed by atoms with Gasteiger partial charge in [0.1, 0.15) is 11.5 Å². The van der Waals surface area contributed by atoms with Crippen LogP contribution in [0.1, 0.15) is 29.1 Å². The second-order valence-electron chi connectivity index (χ2n) is 7.61. The molecule has 1 N–H and O–H groups in total. The number of rotatable bonds is 3. The minimum Gasteiger partial charge on any atom is -0.371 e. The monoisotopic (exact) mass is 399 g/mol. The Hall–Kier alpha value is -3.03. The molecule has 3 heterocycles. The molecule has 154 valence electrons. The highest BCUT2D eigenvalue weighted by atomic mass is 19.1. The molecule has 1 unspecified atom stereocenters. The number of carbonyl (C=O) groups is 2. The molecule has 0 saturated heterocycles. The molecule has 7 nitrogen and oxygen atoms in total. The number of likely N-dealkylation sites (N-methyl/N-ethyl adjacent to an activating group) is 1. The standard InChI is InChI=1S/C21H26FN5O2/c1-14-16-6-7-18(21(29)23-2)27(16)11-10-26(14)20(28)13-25-9-8-24(3)19-12-15(22)4-5-17(19)25/h4-7,12,14H,8-11,13H2,1-3H3,(H,23,29). The van der Waals surface area contributed by atoms with Gasteiger partial charge in [0.25, 0.3) is 5.91 Å². The Balaban J connectivity index is 1.52. The van der Waals surface area contributed by atoms with E-state index in [4.69, 9.17) is 0 Å². The molecule has 1 aromatic heterocycles. The first-order valence-corrected chi connectivity index (χ1v) is 9.87. The van der Waals surface area contributed by atoms with Crippen molar-refractivity contribution < 1.29 is 14.0 Å². The first kappa shape index (κ1) is 19.3. The largest absolute Gasteiger partial charge is 0.371 e. The number of hydrogen-bond donors (Lipinski definition) is 1. The third-order valence-electron chi connectivity index (χ3n) is 5.98. The van der Waals surface area contributed by atoms with E-state index >= 15 is 0 Å². The van der Waals surface area contributed by atoms with E-state index in [1.807, 2.05) is 45.4 Å². The lowest BCUT2D eigenvalue weighted by Crippen LogP contribution is -2.48.